The molecule has 0 fully saturated rings. The summed E-state index contributed by atoms with van der Waals surface area (Å²) < 4.78 is 28.8. The fraction of sp³-hybridized carbons (Fsp3) is 0.0870. The molecule has 140 valence electrons. The highest BCUT2D eigenvalue weighted by molar-refractivity contribution is 6.34. The van der Waals surface area contributed by atoms with Gasteiger partial charge in [0.25, 0.3) is 0 Å². The number of fused-ring (bicyclic) bond motifs is 1. The Balaban J connectivity index is 1.83. The van der Waals surface area contributed by atoms with E-state index in [1.807, 2.05) is 37.3 Å². The van der Waals surface area contributed by atoms with Crippen LogP contribution in [0.4, 0.5) is 14.5 Å². The first-order valence-electron chi connectivity index (χ1n) is 8.88. The SMILES string of the molecule is CC(Nc1c(Cl)cnc2cc(F)c(-c3ccccc3)cc12)c1ccccc1F. The Kier molecular flexibility index (Phi) is 4.97. The summed E-state index contributed by atoms with van der Waals surface area (Å²) >= 11 is 6.40. The molecule has 28 heavy (non-hydrogen) atoms. The Hall–Kier alpha value is -2.98. The summed E-state index contributed by atoms with van der Waals surface area (Å²) in [5.74, 6) is -0.658. The molecule has 1 N–H and O–H groups in total. The Morgan fingerprint density at radius 3 is 2.39 bits per heavy atom. The number of halogens is 3. The number of hydrogen-bond donors (Lipinski definition) is 1. The summed E-state index contributed by atoms with van der Waals surface area (Å²) in [5.41, 5.74) is 2.81. The molecule has 0 radical (unpaired) electrons. The number of aromatic nitrogens is 1. The zero-order chi connectivity index (χ0) is 19.7. The van der Waals surface area contributed by atoms with E-state index in [0.29, 0.717) is 32.7 Å². The molecule has 4 aromatic rings. The van der Waals surface area contributed by atoms with Crippen molar-refractivity contribution in [2.75, 3.05) is 5.32 Å². The van der Waals surface area contributed by atoms with Crippen LogP contribution in [0.25, 0.3) is 22.0 Å². The van der Waals surface area contributed by atoms with Crippen molar-refractivity contribution in [3.05, 3.63) is 95.1 Å². The highest BCUT2D eigenvalue weighted by Crippen LogP contribution is 2.36. The van der Waals surface area contributed by atoms with Gasteiger partial charge in [0.05, 0.1) is 22.3 Å². The average molecular weight is 395 g/mol. The lowest BCUT2D eigenvalue weighted by Crippen LogP contribution is -2.09. The van der Waals surface area contributed by atoms with E-state index in [1.54, 1.807) is 24.3 Å². The molecule has 0 aliphatic carbocycles. The molecule has 5 heteroatoms. The fourth-order valence-electron chi connectivity index (χ4n) is 3.30. The van der Waals surface area contributed by atoms with Gasteiger partial charge in [-0.3, -0.25) is 4.98 Å². The third-order valence-electron chi connectivity index (χ3n) is 4.73. The normalized spacial score (nSPS) is 12.1. The van der Waals surface area contributed by atoms with Crippen LogP contribution >= 0.6 is 11.6 Å². The zero-order valence-electron chi connectivity index (χ0n) is 15.1. The first-order chi connectivity index (χ1) is 13.5. The van der Waals surface area contributed by atoms with E-state index in [-0.39, 0.29) is 17.7 Å². The summed E-state index contributed by atoms with van der Waals surface area (Å²) in [4.78, 5) is 4.25. The fourth-order valence-corrected chi connectivity index (χ4v) is 3.50. The molecule has 0 saturated heterocycles. The molecule has 0 aliphatic heterocycles. The second-order valence-corrected chi connectivity index (χ2v) is 6.99. The number of pyridine rings is 1. The number of benzene rings is 3. The molecule has 0 bridgehead atoms. The van der Waals surface area contributed by atoms with Crippen molar-refractivity contribution in [1.29, 1.82) is 0 Å². The van der Waals surface area contributed by atoms with Gasteiger partial charge in [0.2, 0.25) is 0 Å². The van der Waals surface area contributed by atoms with E-state index in [1.165, 1.54) is 18.3 Å². The van der Waals surface area contributed by atoms with Gasteiger partial charge in [-0.25, -0.2) is 8.78 Å². The van der Waals surface area contributed by atoms with Gasteiger partial charge < -0.3 is 5.32 Å². The van der Waals surface area contributed by atoms with Crippen LogP contribution in [0, 0.1) is 11.6 Å². The van der Waals surface area contributed by atoms with E-state index in [2.05, 4.69) is 10.3 Å². The maximum Gasteiger partial charge on any atom is 0.133 e. The summed E-state index contributed by atoms with van der Waals surface area (Å²) in [6, 6.07) is 18.6. The topological polar surface area (TPSA) is 24.9 Å². The van der Waals surface area contributed by atoms with Crippen molar-refractivity contribution < 1.29 is 8.78 Å². The van der Waals surface area contributed by atoms with Crippen molar-refractivity contribution in [1.82, 2.24) is 4.98 Å². The second kappa shape index (κ2) is 7.56. The van der Waals surface area contributed by atoms with Crippen LogP contribution in [0.5, 0.6) is 0 Å². The molecule has 1 heterocycles. The lowest BCUT2D eigenvalue weighted by molar-refractivity contribution is 0.600. The van der Waals surface area contributed by atoms with Crippen molar-refractivity contribution in [3.63, 3.8) is 0 Å². The molecule has 1 atom stereocenters. The monoisotopic (exact) mass is 394 g/mol. The minimum absolute atomic E-state index is 0.298. The van der Waals surface area contributed by atoms with Gasteiger partial charge in [-0.15, -0.1) is 0 Å². The third-order valence-corrected chi connectivity index (χ3v) is 5.01. The molecular weight excluding hydrogens is 378 g/mol. The molecule has 0 aliphatic rings. The third kappa shape index (κ3) is 3.43. The Bertz CT molecular complexity index is 1150. The van der Waals surface area contributed by atoms with Crippen LogP contribution in [0.1, 0.15) is 18.5 Å². The van der Waals surface area contributed by atoms with Gasteiger partial charge >= 0.3 is 0 Å². The Morgan fingerprint density at radius 1 is 0.929 bits per heavy atom. The molecule has 0 saturated carbocycles. The van der Waals surface area contributed by atoms with Crippen LogP contribution in [0.3, 0.4) is 0 Å². The van der Waals surface area contributed by atoms with Crippen molar-refractivity contribution >= 4 is 28.2 Å². The lowest BCUT2D eigenvalue weighted by Gasteiger charge is -2.19. The van der Waals surface area contributed by atoms with E-state index in [9.17, 15) is 8.78 Å². The first-order valence-corrected chi connectivity index (χ1v) is 9.26. The minimum Gasteiger partial charge on any atom is -0.377 e. The highest BCUT2D eigenvalue weighted by Gasteiger charge is 2.16. The number of rotatable bonds is 4. The van der Waals surface area contributed by atoms with Gasteiger partial charge in [-0.05, 0) is 24.6 Å². The zero-order valence-corrected chi connectivity index (χ0v) is 15.8. The maximum atomic E-state index is 14.7. The van der Waals surface area contributed by atoms with Crippen LogP contribution in [-0.2, 0) is 0 Å². The summed E-state index contributed by atoms with van der Waals surface area (Å²) in [6.45, 7) is 1.85. The summed E-state index contributed by atoms with van der Waals surface area (Å²) in [6.07, 6.45) is 1.47. The molecule has 1 aromatic heterocycles. The standard InChI is InChI=1S/C23H17ClF2N2/c1-14(16-9-5-6-10-20(16)25)28-23-18-11-17(15-7-3-2-4-8-15)21(26)12-22(18)27-13-19(23)24/h2-14H,1H3,(H,27,28). The van der Waals surface area contributed by atoms with Crippen molar-refractivity contribution in [2.24, 2.45) is 0 Å². The van der Waals surface area contributed by atoms with Gasteiger partial charge in [0, 0.05) is 28.8 Å². The number of anilines is 1. The van der Waals surface area contributed by atoms with Gasteiger partial charge in [0.1, 0.15) is 11.6 Å². The minimum atomic E-state index is -0.360. The highest BCUT2D eigenvalue weighted by atomic mass is 35.5. The van der Waals surface area contributed by atoms with Gasteiger partial charge in [-0.1, -0.05) is 60.1 Å². The molecular formula is C23H17ClF2N2. The molecule has 1 unspecified atom stereocenters. The smallest absolute Gasteiger partial charge is 0.133 e. The van der Waals surface area contributed by atoms with E-state index < -0.39 is 0 Å². The molecule has 3 aromatic carbocycles. The van der Waals surface area contributed by atoms with Crippen LogP contribution in [0.2, 0.25) is 5.02 Å². The molecule has 0 amide bonds. The van der Waals surface area contributed by atoms with Crippen molar-refractivity contribution in [2.45, 2.75) is 13.0 Å². The van der Waals surface area contributed by atoms with E-state index >= 15 is 0 Å². The Labute approximate surface area is 166 Å². The predicted octanol–water partition coefficient (Wildman–Crippen LogP) is 7.01. The molecule has 2 nitrogen and oxygen atoms in total. The number of nitrogens with zero attached hydrogens (tertiary/aromatic N) is 1. The van der Waals surface area contributed by atoms with Gasteiger partial charge in [-0.2, -0.15) is 0 Å². The largest absolute Gasteiger partial charge is 0.377 e. The molecule has 4 rings (SSSR count). The Morgan fingerprint density at radius 2 is 1.64 bits per heavy atom. The summed E-state index contributed by atoms with van der Waals surface area (Å²) in [7, 11) is 0. The maximum absolute atomic E-state index is 14.7. The van der Waals surface area contributed by atoms with Crippen LogP contribution in [-0.4, -0.2) is 4.98 Å². The number of nitrogens with one attached hydrogen (secondary N) is 1. The number of hydrogen-bond acceptors (Lipinski definition) is 2. The van der Waals surface area contributed by atoms with Gasteiger partial charge in [0.15, 0.2) is 0 Å². The quantitative estimate of drug-likeness (QED) is 0.402. The lowest BCUT2D eigenvalue weighted by atomic mass is 10.0. The average Bonchev–Trinajstić information content (AvgIpc) is 2.71. The summed E-state index contributed by atoms with van der Waals surface area (Å²) in [5, 5.41) is 4.34. The second-order valence-electron chi connectivity index (χ2n) is 6.58. The van der Waals surface area contributed by atoms with Crippen molar-refractivity contribution in [3.8, 4) is 11.1 Å². The van der Waals surface area contributed by atoms with E-state index in [4.69, 9.17) is 11.6 Å². The van der Waals surface area contributed by atoms with Crippen LogP contribution < -0.4 is 5.32 Å². The predicted molar refractivity (Wildman–Crippen MR) is 111 cm³/mol. The molecule has 0 spiro atoms. The van der Waals surface area contributed by atoms with E-state index in [0.717, 1.165) is 5.56 Å². The first kappa shape index (κ1) is 18.4. The van der Waals surface area contributed by atoms with Crippen LogP contribution in [0.15, 0.2) is 72.9 Å².